The average molecular weight is 464 g/mol. The number of ether oxygens (including phenoxy) is 2. The van der Waals surface area contributed by atoms with Gasteiger partial charge < -0.3 is 14.4 Å². The summed E-state index contributed by atoms with van der Waals surface area (Å²) in [6.07, 6.45) is 4.73. The standard InChI is InChI=1S/C26H33N5O3/c1-26(2,3)34-25(32)30(16-18-8-6-5-7-9-18)21-14-23(33-20-12-13-29(4)17-20)28-31-22(19-10-11-19)15-27-24(21)31/h5-9,14-15,19-20H,10-13,16-17H2,1-4H3/t20-/m1/s1. The number of nitrogens with zero attached hydrogens (tertiary/aromatic N) is 5. The molecule has 5 rings (SSSR count). The summed E-state index contributed by atoms with van der Waals surface area (Å²) < 4.78 is 14.0. The van der Waals surface area contributed by atoms with Crippen LogP contribution < -0.4 is 9.64 Å². The number of hydrogen-bond donors (Lipinski definition) is 0. The minimum Gasteiger partial charge on any atom is -0.472 e. The van der Waals surface area contributed by atoms with Crippen molar-refractivity contribution in [1.29, 1.82) is 0 Å². The van der Waals surface area contributed by atoms with E-state index in [2.05, 4.69) is 11.9 Å². The third-order valence-electron chi connectivity index (χ3n) is 6.17. The molecule has 0 spiro atoms. The van der Waals surface area contributed by atoms with Crippen molar-refractivity contribution in [1.82, 2.24) is 19.5 Å². The Morgan fingerprint density at radius 2 is 1.94 bits per heavy atom. The zero-order chi connectivity index (χ0) is 23.9. The van der Waals surface area contributed by atoms with E-state index in [-0.39, 0.29) is 6.10 Å². The summed E-state index contributed by atoms with van der Waals surface area (Å²) in [6.45, 7) is 7.83. The van der Waals surface area contributed by atoms with Gasteiger partial charge in [0.1, 0.15) is 11.7 Å². The van der Waals surface area contributed by atoms with Crippen LogP contribution in [0.4, 0.5) is 10.5 Å². The molecular weight excluding hydrogens is 430 g/mol. The summed E-state index contributed by atoms with van der Waals surface area (Å²) in [4.78, 5) is 22.0. The van der Waals surface area contributed by atoms with E-state index in [0.29, 0.717) is 29.7 Å². The second-order valence-electron chi connectivity index (χ2n) is 10.4. The number of aromatic nitrogens is 3. The summed E-state index contributed by atoms with van der Waals surface area (Å²) >= 11 is 0. The van der Waals surface area contributed by atoms with Gasteiger partial charge in [-0.25, -0.2) is 14.3 Å². The molecule has 0 unspecified atom stereocenters. The SMILES string of the molecule is CN1CC[C@@H](Oc2cc(N(Cc3ccccc3)C(=O)OC(C)(C)C)c3ncc(C4CC4)n3n2)C1. The van der Waals surface area contributed by atoms with Crippen LogP contribution in [-0.2, 0) is 11.3 Å². The van der Waals surface area contributed by atoms with E-state index in [4.69, 9.17) is 19.6 Å². The third-order valence-corrected chi connectivity index (χ3v) is 6.17. The highest BCUT2D eigenvalue weighted by Crippen LogP contribution is 2.41. The number of likely N-dealkylation sites (N-methyl/N-ethyl adjacent to an activating group) is 1. The molecule has 3 heterocycles. The van der Waals surface area contributed by atoms with Crippen molar-refractivity contribution in [3.63, 3.8) is 0 Å². The van der Waals surface area contributed by atoms with Crippen molar-refractivity contribution >= 4 is 17.4 Å². The topological polar surface area (TPSA) is 72.2 Å². The number of imidazole rings is 1. The van der Waals surface area contributed by atoms with Crippen molar-refractivity contribution in [2.45, 2.75) is 64.2 Å². The first-order valence-electron chi connectivity index (χ1n) is 12.0. The van der Waals surface area contributed by atoms with Crippen LogP contribution in [0.2, 0.25) is 0 Å². The Kier molecular flexibility index (Phi) is 5.93. The zero-order valence-electron chi connectivity index (χ0n) is 20.4. The Hall–Kier alpha value is -3.13. The monoisotopic (exact) mass is 463 g/mol. The van der Waals surface area contributed by atoms with Crippen LogP contribution in [-0.4, -0.2) is 57.4 Å². The molecule has 1 aromatic carbocycles. The number of anilines is 1. The molecular formula is C26H33N5O3. The number of amides is 1. The van der Waals surface area contributed by atoms with Crippen molar-refractivity contribution in [2.24, 2.45) is 0 Å². The first kappa shape index (κ1) is 22.7. The van der Waals surface area contributed by atoms with Gasteiger partial charge in [0.15, 0.2) is 5.65 Å². The van der Waals surface area contributed by atoms with Crippen molar-refractivity contribution in [3.05, 3.63) is 53.9 Å². The minimum atomic E-state index is -0.627. The van der Waals surface area contributed by atoms with Crippen molar-refractivity contribution in [2.75, 3.05) is 25.0 Å². The van der Waals surface area contributed by atoms with E-state index in [1.807, 2.05) is 67.9 Å². The molecule has 1 saturated heterocycles. The van der Waals surface area contributed by atoms with Crippen LogP contribution in [0.15, 0.2) is 42.6 Å². The second kappa shape index (κ2) is 8.91. The molecule has 8 heteroatoms. The molecule has 2 fully saturated rings. The quantitative estimate of drug-likeness (QED) is 0.531. The molecule has 2 aromatic heterocycles. The molecule has 2 aliphatic rings. The lowest BCUT2D eigenvalue weighted by atomic mass is 10.2. The Labute approximate surface area is 200 Å². The lowest BCUT2D eigenvalue weighted by Gasteiger charge is -2.28. The maximum atomic E-state index is 13.5. The van der Waals surface area contributed by atoms with Gasteiger partial charge >= 0.3 is 6.09 Å². The summed E-state index contributed by atoms with van der Waals surface area (Å²) in [5, 5.41) is 4.80. The number of carbonyl (C=O) groups excluding carboxylic acids is 1. The van der Waals surface area contributed by atoms with Gasteiger partial charge in [0.2, 0.25) is 5.88 Å². The lowest BCUT2D eigenvalue weighted by Crippen LogP contribution is -2.37. The van der Waals surface area contributed by atoms with Gasteiger partial charge in [0.05, 0.1) is 24.1 Å². The Morgan fingerprint density at radius 3 is 2.59 bits per heavy atom. The predicted molar refractivity (Wildman–Crippen MR) is 130 cm³/mol. The first-order valence-corrected chi connectivity index (χ1v) is 12.0. The van der Waals surface area contributed by atoms with Gasteiger partial charge in [-0.2, -0.15) is 0 Å². The molecule has 3 aromatic rings. The number of hydrogen-bond acceptors (Lipinski definition) is 6. The maximum Gasteiger partial charge on any atom is 0.415 e. The largest absolute Gasteiger partial charge is 0.472 e. The van der Waals surface area contributed by atoms with E-state index >= 15 is 0 Å². The van der Waals surface area contributed by atoms with Crippen LogP contribution >= 0.6 is 0 Å². The summed E-state index contributed by atoms with van der Waals surface area (Å²) in [6, 6.07) is 11.7. The molecule has 1 aliphatic carbocycles. The maximum absolute atomic E-state index is 13.5. The van der Waals surface area contributed by atoms with Crippen LogP contribution in [0, 0.1) is 0 Å². The Morgan fingerprint density at radius 1 is 1.18 bits per heavy atom. The molecule has 0 N–H and O–H groups in total. The van der Waals surface area contributed by atoms with Gasteiger partial charge in [0, 0.05) is 25.1 Å². The fraction of sp³-hybridized carbons (Fsp3) is 0.500. The number of fused-ring (bicyclic) bond motifs is 1. The average Bonchev–Trinajstić information content (AvgIpc) is 3.41. The number of rotatable bonds is 6. The minimum absolute atomic E-state index is 0.0693. The van der Waals surface area contributed by atoms with Gasteiger partial charge in [-0.1, -0.05) is 30.3 Å². The van der Waals surface area contributed by atoms with E-state index in [1.54, 1.807) is 4.90 Å². The normalized spacial score (nSPS) is 18.9. The van der Waals surface area contributed by atoms with Gasteiger partial charge in [-0.05, 0) is 52.6 Å². The molecule has 1 atom stereocenters. The van der Waals surface area contributed by atoms with E-state index in [0.717, 1.165) is 43.6 Å². The second-order valence-corrected chi connectivity index (χ2v) is 10.4. The molecule has 180 valence electrons. The van der Waals surface area contributed by atoms with Crippen LogP contribution in [0.3, 0.4) is 0 Å². The summed E-state index contributed by atoms with van der Waals surface area (Å²) in [5.74, 6) is 0.955. The molecule has 1 amide bonds. The number of likely N-dealkylation sites (tertiary alicyclic amines) is 1. The van der Waals surface area contributed by atoms with Crippen molar-refractivity contribution in [3.8, 4) is 5.88 Å². The molecule has 1 aliphatic heterocycles. The van der Waals surface area contributed by atoms with Crippen LogP contribution in [0.5, 0.6) is 5.88 Å². The van der Waals surface area contributed by atoms with E-state index in [9.17, 15) is 4.79 Å². The lowest BCUT2D eigenvalue weighted by molar-refractivity contribution is 0.0577. The summed E-state index contributed by atoms with van der Waals surface area (Å²) in [5.41, 5.74) is 2.71. The zero-order valence-corrected chi connectivity index (χ0v) is 20.4. The third kappa shape index (κ3) is 5.01. The molecule has 1 saturated carbocycles. The smallest absolute Gasteiger partial charge is 0.415 e. The number of benzene rings is 1. The molecule has 34 heavy (non-hydrogen) atoms. The number of carbonyl (C=O) groups is 1. The van der Waals surface area contributed by atoms with E-state index in [1.165, 1.54) is 0 Å². The highest BCUT2D eigenvalue weighted by molar-refractivity contribution is 5.92. The highest BCUT2D eigenvalue weighted by atomic mass is 16.6. The summed E-state index contributed by atoms with van der Waals surface area (Å²) in [7, 11) is 2.09. The Bertz CT molecular complexity index is 1170. The van der Waals surface area contributed by atoms with Gasteiger partial charge in [-0.3, -0.25) is 4.90 Å². The van der Waals surface area contributed by atoms with Crippen LogP contribution in [0.25, 0.3) is 5.65 Å². The fourth-order valence-corrected chi connectivity index (χ4v) is 4.35. The van der Waals surface area contributed by atoms with Gasteiger partial charge in [-0.15, -0.1) is 5.10 Å². The fourth-order valence-electron chi connectivity index (χ4n) is 4.35. The van der Waals surface area contributed by atoms with Crippen molar-refractivity contribution < 1.29 is 14.3 Å². The molecule has 0 bridgehead atoms. The first-order chi connectivity index (χ1) is 16.3. The Balaban J connectivity index is 1.58. The van der Waals surface area contributed by atoms with Gasteiger partial charge in [0.25, 0.3) is 0 Å². The van der Waals surface area contributed by atoms with Crippen LogP contribution in [0.1, 0.15) is 57.2 Å². The van der Waals surface area contributed by atoms with E-state index < -0.39 is 11.7 Å². The highest BCUT2D eigenvalue weighted by Gasteiger charge is 2.32. The molecule has 8 nitrogen and oxygen atoms in total. The molecule has 0 radical (unpaired) electrons. The predicted octanol–water partition coefficient (Wildman–Crippen LogP) is 4.63.